The summed E-state index contributed by atoms with van der Waals surface area (Å²) >= 11 is 23.7. The molecule has 0 atom stereocenters. The molecule has 0 aliphatic rings. The molecule has 0 amide bonds. The molecule has 34 heavy (non-hydrogen) atoms. The van der Waals surface area contributed by atoms with Crippen molar-refractivity contribution in [3.05, 3.63) is 91.9 Å². The molecule has 0 saturated heterocycles. The lowest BCUT2D eigenvalue weighted by atomic mass is 10.1. The first kappa shape index (κ1) is 26.0. The number of ether oxygens (including phenoxy) is 4. The van der Waals surface area contributed by atoms with Crippen LogP contribution in [-0.2, 0) is 32.3 Å². The number of rotatable bonds is 10. The SMILES string of the molecule is O=C(COc1ccc(Cl)cc1Cl)OCc1cccc(COC(=O)COc2ccc(Cl)cc2Cl)c1. The van der Waals surface area contributed by atoms with Crippen molar-refractivity contribution in [2.24, 2.45) is 0 Å². The summed E-state index contributed by atoms with van der Waals surface area (Å²) in [5, 5.41) is 1.52. The van der Waals surface area contributed by atoms with Gasteiger partial charge in [-0.2, -0.15) is 0 Å². The largest absolute Gasteiger partial charge is 0.480 e. The van der Waals surface area contributed by atoms with Gasteiger partial charge in [-0.25, -0.2) is 9.59 Å². The summed E-state index contributed by atoms with van der Waals surface area (Å²) in [6.45, 7) is -0.570. The van der Waals surface area contributed by atoms with Gasteiger partial charge in [0.2, 0.25) is 0 Å². The Morgan fingerprint density at radius 3 is 1.47 bits per heavy atom. The first-order valence-corrected chi connectivity index (χ1v) is 11.4. The van der Waals surface area contributed by atoms with Gasteiger partial charge >= 0.3 is 11.9 Å². The van der Waals surface area contributed by atoms with E-state index in [4.69, 9.17) is 65.4 Å². The van der Waals surface area contributed by atoms with Gasteiger partial charge in [0, 0.05) is 10.0 Å². The monoisotopic (exact) mass is 542 g/mol. The van der Waals surface area contributed by atoms with Crippen LogP contribution in [0.4, 0.5) is 0 Å². The third kappa shape index (κ3) is 8.29. The molecule has 10 heteroatoms. The average molecular weight is 544 g/mol. The fraction of sp³-hybridized carbons (Fsp3) is 0.167. The van der Waals surface area contributed by atoms with Gasteiger partial charge in [0.1, 0.15) is 24.7 Å². The molecule has 3 rings (SSSR count). The number of esters is 2. The fourth-order valence-electron chi connectivity index (χ4n) is 2.68. The quantitative estimate of drug-likeness (QED) is 0.270. The molecule has 0 spiro atoms. The zero-order valence-electron chi connectivity index (χ0n) is 17.6. The standard InChI is InChI=1S/C24H18Cl4O6/c25-17-4-6-21(19(27)9-17)31-13-23(29)33-11-15-2-1-3-16(8-15)12-34-24(30)14-32-22-7-5-18(26)10-20(22)28/h1-10H,11-14H2. The highest BCUT2D eigenvalue weighted by Gasteiger charge is 2.10. The van der Waals surface area contributed by atoms with Crippen molar-refractivity contribution in [3.8, 4) is 11.5 Å². The highest BCUT2D eigenvalue weighted by molar-refractivity contribution is 6.36. The van der Waals surface area contributed by atoms with Gasteiger partial charge in [-0.1, -0.05) is 64.6 Å². The Morgan fingerprint density at radius 2 is 1.06 bits per heavy atom. The summed E-state index contributed by atoms with van der Waals surface area (Å²) in [4.78, 5) is 24.0. The molecule has 0 aromatic heterocycles. The van der Waals surface area contributed by atoms with Crippen molar-refractivity contribution in [1.29, 1.82) is 0 Å². The van der Waals surface area contributed by atoms with Crippen LogP contribution in [0, 0.1) is 0 Å². The zero-order chi connectivity index (χ0) is 24.5. The molecule has 0 unspecified atom stereocenters. The Balaban J connectivity index is 1.41. The van der Waals surface area contributed by atoms with Crippen LogP contribution in [0.3, 0.4) is 0 Å². The van der Waals surface area contributed by atoms with Crippen LogP contribution in [-0.4, -0.2) is 25.2 Å². The first-order chi connectivity index (χ1) is 16.3. The molecular formula is C24H18Cl4O6. The van der Waals surface area contributed by atoms with E-state index in [-0.39, 0.29) is 26.4 Å². The summed E-state index contributed by atoms with van der Waals surface area (Å²) < 4.78 is 21.1. The summed E-state index contributed by atoms with van der Waals surface area (Å²) in [6.07, 6.45) is 0. The zero-order valence-corrected chi connectivity index (χ0v) is 20.6. The van der Waals surface area contributed by atoms with Gasteiger partial charge in [-0.15, -0.1) is 0 Å². The summed E-state index contributed by atoms with van der Waals surface area (Å²) in [7, 11) is 0. The van der Waals surface area contributed by atoms with E-state index < -0.39 is 11.9 Å². The van der Waals surface area contributed by atoms with E-state index in [9.17, 15) is 9.59 Å². The lowest BCUT2D eigenvalue weighted by molar-refractivity contribution is -0.147. The number of benzene rings is 3. The van der Waals surface area contributed by atoms with Crippen molar-refractivity contribution in [1.82, 2.24) is 0 Å². The molecule has 0 heterocycles. The Morgan fingerprint density at radius 1 is 0.618 bits per heavy atom. The molecule has 3 aromatic carbocycles. The van der Waals surface area contributed by atoms with Crippen molar-refractivity contribution in [2.75, 3.05) is 13.2 Å². The van der Waals surface area contributed by atoms with Gasteiger partial charge < -0.3 is 18.9 Å². The first-order valence-electron chi connectivity index (χ1n) is 9.85. The smallest absolute Gasteiger partial charge is 0.344 e. The Hall–Kier alpha value is -2.64. The molecule has 0 aliphatic carbocycles. The molecular weight excluding hydrogens is 526 g/mol. The van der Waals surface area contributed by atoms with Crippen LogP contribution in [0.1, 0.15) is 11.1 Å². The van der Waals surface area contributed by atoms with E-state index in [2.05, 4.69) is 0 Å². The van der Waals surface area contributed by atoms with E-state index >= 15 is 0 Å². The third-order valence-electron chi connectivity index (χ3n) is 4.27. The molecule has 0 saturated carbocycles. The third-order valence-corrected chi connectivity index (χ3v) is 5.33. The molecule has 0 aliphatic heterocycles. The predicted molar refractivity (Wildman–Crippen MR) is 130 cm³/mol. The van der Waals surface area contributed by atoms with E-state index in [1.807, 2.05) is 0 Å². The van der Waals surface area contributed by atoms with Crippen molar-refractivity contribution in [2.45, 2.75) is 13.2 Å². The topological polar surface area (TPSA) is 71.1 Å². The second-order valence-corrected chi connectivity index (χ2v) is 8.56. The van der Waals surface area contributed by atoms with Crippen LogP contribution >= 0.6 is 46.4 Å². The Bertz CT molecular complexity index is 1080. The number of halogens is 4. The van der Waals surface area contributed by atoms with Gasteiger partial charge in [-0.3, -0.25) is 0 Å². The highest BCUT2D eigenvalue weighted by atomic mass is 35.5. The number of carbonyl (C=O) groups excluding carboxylic acids is 2. The number of hydrogen-bond acceptors (Lipinski definition) is 6. The average Bonchev–Trinajstić information content (AvgIpc) is 2.80. The maximum absolute atomic E-state index is 12.0. The molecule has 3 aromatic rings. The van der Waals surface area contributed by atoms with Crippen LogP contribution in [0.2, 0.25) is 20.1 Å². The number of carbonyl (C=O) groups is 2. The van der Waals surface area contributed by atoms with Crippen LogP contribution in [0.25, 0.3) is 0 Å². The number of hydrogen-bond donors (Lipinski definition) is 0. The van der Waals surface area contributed by atoms with Gasteiger partial charge in [0.15, 0.2) is 13.2 Å². The Labute approximate surface area is 216 Å². The maximum Gasteiger partial charge on any atom is 0.344 e. The molecule has 6 nitrogen and oxygen atoms in total. The van der Waals surface area contributed by atoms with Crippen LogP contribution < -0.4 is 9.47 Å². The van der Waals surface area contributed by atoms with Crippen LogP contribution in [0.5, 0.6) is 11.5 Å². The van der Waals surface area contributed by atoms with E-state index in [1.165, 1.54) is 12.1 Å². The van der Waals surface area contributed by atoms with Crippen LogP contribution in [0.15, 0.2) is 60.7 Å². The maximum atomic E-state index is 12.0. The highest BCUT2D eigenvalue weighted by Crippen LogP contribution is 2.28. The lowest BCUT2D eigenvalue weighted by Gasteiger charge is -2.10. The fourth-order valence-corrected chi connectivity index (χ4v) is 3.60. The van der Waals surface area contributed by atoms with Gasteiger partial charge in [-0.05, 0) is 53.6 Å². The predicted octanol–water partition coefficient (Wildman–Crippen LogP) is 6.54. The molecule has 0 fully saturated rings. The normalized spacial score (nSPS) is 10.5. The van der Waals surface area contributed by atoms with Gasteiger partial charge in [0.05, 0.1) is 10.0 Å². The van der Waals surface area contributed by atoms with Gasteiger partial charge in [0.25, 0.3) is 0 Å². The minimum absolute atomic E-state index is 0.0243. The Kier molecular flexibility index (Phi) is 9.72. The van der Waals surface area contributed by atoms with Crippen molar-refractivity contribution >= 4 is 58.3 Å². The summed E-state index contributed by atoms with van der Waals surface area (Å²) in [5.41, 5.74) is 1.44. The van der Waals surface area contributed by atoms with Crippen molar-refractivity contribution < 1.29 is 28.5 Å². The second kappa shape index (κ2) is 12.7. The lowest BCUT2D eigenvalue weighted by Crippen LogP contribution is -2.15. The van der Waals surface area contributed by atoms with E-state index in [1.54, 1.807) is 48.5 Å². The second-order valence-electron chi connectivity index (χ2n) is 6.87. The minimum atomic E-state index is -0.569. The van der Waals surface area contributed by atoms with E-state index in [0.29, 0.717) is 31.6 Å². The van der Waals surface area contributed by atoms with Crippen molar-refractivity contribution in [3.63, 3.8) is 0 Å². The molecule has 178 valence electrons. The van der Waals surface area contributed by atoms with E-state index in [0.717, 1.165) is 11.1 Å². The molecule has 0 radical (unpaired) electrons. The molecule has 0 N–H and O–H groups in total. The summed E-state index contributed by atoms with van der Waals surface area (Å²) in [6, 6.07) is 16.4. The molecule has 0 bridgehead atoms. The summed E-state index contributed by atoms with van der Waals surface area (Å²) in [5.74, 6) is -0.481. The minimum Gasteiger partial charge on any atom is -0.480 e.